The second-order valence-corrected chi connectivity index (χ2v) is 5.43. The summed E-state index contributed by atoms with van der Waals surface area (Å²) in [5.41, 5.74) is 1.92. The highest BCUT2D eigenvalue weighted by molar-refractivity contribution is 5.89. The summed E-state index contributed by atoms with van der Waals surface area (Å²) in [6, 6.07) is 15.1. The van der Waals surface area contributed by atoms with Crippen LogP contribution in [0.4, 0.5) is 10.5 Å². The number of urea groups is 1. The lowest BCUT2D eigenvalue weighted by Gasteiger charge is -2.18. The predicted octanol–water partition coefficient (Wildman–Crippen LogP) is 3.16. The van der Waals surface area contributed by atoms with Crippen molar-refractivity contribution in [2.24, 2.45) is 0 Å². The van der Waals surface area contributed by atoms with Crippen LogP contribution in [0.1, 0.15) is 5.56 Å². The number of benzene rings is 2. The second kappa shape index (κ2) is 7.05. The van der Waals surface area contributed by atoms with Crippen LogP contribution < -0.4 is 14.8 Å². The van der Waals surface area contributed by atoms with E-state index in [2.05, 4.69) is 5.32 Å². The highest BCUT2D eigenvalue weighted by atomic mass is 16.5. The Kier molecular flexibility index (Phi) is 4.66. The van der Waals surface area contributed by atoms with Gasteiger partial charge in [0.15, 0.2) is 0 Å². The van der Waals surface area contributed by atoms with Gasteiger partial charge in [0.2, 0.25) is 0 Å². The fourth-order valence-electron chi connectivity index (χ4n) is 2.40. The van der Waals surface area contributed by atoms with Crippen molar-refractivity contribution in [1.29, 1.82) is 0 Å². The molecule has 0 atom stereocenters. The van der Waals surface area contributed by atoms with Gasteiger partial charge in [-0.1, -0.05) is 18.2 Å². The largest absolute Gasteiger partial charge is 0.493 e. The molecule has 5 nitrogen and oxygen atoms in total. The van der Waals surface area contributed by atoms with Crippen molar-refractivity contribution in [3.8, 4) is 11.5 Å². The molecule has 2 aromatic rings. The first-order valence-electron chi connectivity index (χ1n) is 7.68. The Morgan fingerprint density at radius 1 is 1.26 bits per heavy atom. The van der Waals surface area contributed by atoms with E-state index in [9.17, 15) is 4.79 Å². The lowest BCUT2D eigenvalue weighted by atomic mass is 10.1. The van der Waals surface area contributed by atoms with E-state index < -0.39 is 0 Å². The first kappa shape index (κ1) is 15.2. The summed E-state index contributed by atoms with van der Waals surface area (Å²) in [5.74, 6) is 1.72. The SMILES string of the molecule is CN(CCOc1ccccc1)C(=O)Nc1ccc2c(c1)CCO2. The Morgan fingerprint density at radius 3 is 2.91 bits per heavy atom. The average Bonchev–Trinajstić information content (AvgIpc) is 3.03. The fourth-order valence-corrected chi connectivity index (χ4v) is 2.40. The minimum atomic E-state index is -0.152. The van der Waals surface area contributed by atoms with E-state index in [1.54, 1.807) is 11.9 Å². The van der Waals surface area contributed by atoms with Crippen LogP contribution in [0.25, 0.3) is 0 Å². The lowest BCUT2D eigenvalue weighted by Crippen LogP contribution is -2.34. The molecule has 0 bridgehead atoms. The maximum atomic E-state index is 12.2. The molecule has 2 aromatic carbocycles. The van der Waals surface area contributed by atoms with Crippen LogP contribution >= 0.6 is 0 Å². The van der Waals surface area contributed by atoms with Gasteiger partial charge in [-0.3, -0.25) is 0 Å². The van der Waals surface area contributed by atoms with Crippen LogP contribution in [0, 0.1) is 0 Å². The van der Waals surface area contributed by atoms with Crippen molar-refractivity contribution in [3.05, 3.63) is 54.1 Å². The van der Waals surface area contributed by atoms with Crippen LogP contribution in [0.2, 0.25) is 0 Å². The van der Waals surface area contributed by atoms with E-state index in [1.807, 2.05) is 48.5 Å². The first-order chi connectivity index (χ1) is 11.2. The number of amides is 2. The number of fused-ring (bicyclic) bond motifs is 1. The summed E-state index contributed by atoms with van der Waals surface area (Å²) >= 11 is 0. The summed E-state index contributed by atoms with van der Waals surface area (Å²) in [6.07, 6.45) is 0.889. The Hall–Kier alpha value is -2.69. The quantitative estimate of drug-likeness (QED) is 0.922. The Morgan fingerprint density at radius 2 is 2.09 bits per heavy atom. The molecular weight excluding hydrogens is 292 g/mol. The minimum absolute atomic E-state index is 0.152. The number of para-hydroxylation sites is 1. The van der Waals surface area contributed by atoms with Crippen molar-refractivity contribution < 1.29 is 14.3 Å². The number of likely N-dealkylation sites (N-methyl/N-ethyl adjacent to an activating group) is 1. The van der Waals surface area contributed by atoms with Crippen molar-refractivity contribution in [2.45, 2.75) is 6.42 Å². The highest BCUT2D eigenvalue weighted by Crippen LogP contribution is 2.27. The van der Waals surface area contributed by atoms with Gasteiger partial charge >= 0.3 is 6.03 Å². The summed E-state index contributed by atoms with van der Waals surface area (Å²) in [5, 5.41) is 2.90. The van der Waals surface area contributed by atoms with Gasteiger partial charge in [0, 0.05) is 19.2 Å². The average molecular weight is 312 g/mol. The highest BCUT2D eigenvalue weighted by Gasteiger charge is 2.14. The predicted molar refractivity (Wildman–Crippen MR) is 89.2 cm³/mol. The number of carbonyl (C=O) groups is 1. The monoisotopic (exact) mass is 312 g/mol. The number of nitrogens with zero attached hydrogens (tertiary/aromatic N) is 1. The molecule has 0 saturated carbocycles. The van der Waals surface area contributed by atoms with Gasteiger partial charge < -0.3 is 19.7 Å². The first-order valence-corrected chi connectivity index (χ1v) is 7.68. The van der Waals surface area contributed by atoms with Gasteiger partial charge in [0.25, 0.3) is 0 Å². The van der Waals surface area contributed by atoms with Gasteiger partial charge in [-0.2, -0.15) is 0 Å². The topological polar surface area (TPSA) is 50.8 Å². The number of ether oxygens (including phenoxy) is 2. The van der Waals surface area contributed by atoms with Gasteiger partial charge in [0.05, 0.1) is 13.2 Å². The van der Waals surface area contributed by atoms with Crippen LogP contribution in [0.3, 0.4) is 0 Å². The van der Waals surface area contributed by atoms with E-state index in [0.29, 0.717) is 19.8 Å². The number of hydrogen-bond acceptors (Lipinski definition) is 3. The Balaban J connectivity index is 1.47. The maximum absolute atomic E-state index is 12.2. The zero-order valence-electron chi connectivity index (χ0n) is 13.1. The fraction of sp³-hybridized carbons (Fsp3) is 0.278. The van der Waals surface area contributed by atoms with Gasteiger partial charge in [-0.05, 0) is 35.9 Å². The summed E-state index contributed by atoms with van der Waals surface area (Å²) in [4.78, 5) is 13.8. The zero-order chi connectivity index (χ0) is 16.1. The zero-order valence-corrected chi connectivity index (χ0v) is 13.1. The van der Waals surface area contributed by atoms with Gasteiger partial charge in [-0.25, -0.2) is 4.79 Å². The Labute approximate surface area is 135 Å². The normalized spacial score (nSPS) is 12.2. The van der Waals surface area contributed by atoms with Crippen LogP contribution in [-0.4, -0.2) is 37.7 Å². The molecule has 0 radical (unpaired) electrons. The van der Waals surface area contributed by atoms with Gasteiger partial charge in [0.1, 0.15) is 18.1 Å². The molecule has 1 N–H and O–H groups in total. The molecule has 1 aliphatic heterocycles. The molecule has 0 aliphatic carbocycles. The summed E-state index contributed by atoms with van der Waals surface area (Å²) in [7, 11) is 1.75. The van der Waals surface area contributed by atoms with E-state index in [1.165, 1.54) is 0 Å². The standard InChI is InChI=1S/C18H20N2O3/c1-20(10-12-22-16-5-3-2-4-6-16)18(21)19-15-7-8-17-14(13-15)9-11-23-17/h2-8,13H,9-12H2,1H3,(H,19,21). The number of nitrogens with one attached hydrogen (secondary N) is 1. The smallest absolute Gasteiger partial charge is 0.321 e. The van der Waals surface area contributed by atoms with Crippen LogP contribution in [-0.2, 0) is 6.42 Å². The third-order valence-electron chi connectivity index (χ3n) is 3.73. The lowest BCUT2D eigenvalue weighted by molar-refractivity contribution is 0.207. The molecule has 0 fully saturated rings. The number of carbonyl (C=O) groups excluding carboxylic acids is 1. The van der Waals surface area contributed by atoms with E-state index in [4.69, 9.17) is 9.47 Å². The molecule has 0 saturated heterocycles. The molecule has 0 spiro atoms. The molecule has 1 aliphatic rings. The molecular formula is C18H20N2O3. The van der Waals surface area contributed by atoms with E-state index in [-0.39, 0.29) is 6.03 Å². The number of hydrogen-bond donors (Lipinski definition) is 1. The molecule has 2 amide bonds. The van der Waals surface area contributed by atoms with Gasteiger partial charge in [-0.15, -0.1) is 0 Å². The molecule has 0 aromatic heterocycles. The molecule has 3 rings (SSSR count). The molecule has 120 valence electrons. The van der Waals surface area contributed by atoms with Crippen molar-refractivity contribution >= 4 is 11.7 Å². The number of anilines is 1. The van der Waals surface area contributed by atoms with E-state index >= 15 is 0 Å². The van der Waals surface area contributed by atoms with Crippen molar-refractivity contribution in [1.82, 2.24) is 4.90 Å². The number of rotatable bonds is 5. The van der Waals surface area contributed by atoms with Crippen molar-refractivity contribution in [3.63, 3.8) is 0 Å². The van der Waals surface area contributed by atoms with E-state index in [0.717, 1.165) is 29.2 Å². The minimum Gasteiger partial charge on any atom is -0.493 e. The van der Waals surface area contributed by atoms with Crippen molar-refractivity contribution in [2.75, 3.05) is 32.1 Å². The third-order valence-corrected chi connectivity index (χ3v) is 3.73. The molecule has 23 heavy (non-hydrogen) atoms. The van der Waals surface area contributed by atoms with Crippen LogP contribution in [0.15, 0.2) is 48.5 Å². The molecule has 1 heterocycles. The maximum Gasteiger partial charge on any atom is 0.321 e. The molecule has 0 unspecified atom stereocenters. The summed E-state index contributed by atoms with van der Waals surface area (Å²) in [6.45, 7) is 1.67. The second-order valence-electron chi connectivity index (χ2n) is 5.43. The van der Waals surface area contributed by atoms with Crippen LogP contribution in [0.5, 0.6) is 11.5 Å². The third kappa shape index (κ3) is 3.94. The molecule has 5 heteroatoms. The Bertz CT molecular complexity index is 673. The summed E-state index contributed by atoms with van der Waals surface area (Å²) < 4.78 is 11.1.